The third kappa shape index (κ3) is 2.74. The lowest BCUT2D eigenvalue weighted by Gasteiger charge is -2.19. The van der Waals surface area contributed by atoms with Crippen LogP contribution >= 0.6 is 23.2 Å². The molecule has 1 atom stereocenters. The van der Waals surface area contributed by atoms with Crippen molar-refractivity contribution in [2.45, 2.75) is 19.5 Å². The van der Waals surface area contributed by atoms with Crippen molar-refractivity contribution in [1.82, 2.24) is 15.2 Å². The van der Waals surface area contributed by atoms with Gasteiger partial charge in [-0.15, -0.1) is 0 Å². The van der Waals surface area contributed by atoms with Crippen LogP contribution in [0.5, 0.6) is 0 Å². The first-order valence-electron chi connectivity index (χ1n) is 5.70. The first-order valence-corrected chi connectivity index (χ1v) is 6.46. The standard InChI is InChI=1S/C12H13Cl2FN4/c1-2-19-12(9(14)6-17-19)11(18-16)8-4-3-7(13)5-10(8)15/h3-6,11,18H,2,16H2,1H3. The normalized spacial score (nSPS) is 12.7. The molecule has 3 N–H and O–H groups in total. The van der Waals surface area contributed by atoms with E-state index in [0.717, 1.165) is 0 Å². The fraction of sp³-hybridized carbons (Fsp3) is 0.250. The van der Waals surface area contributed by atoms with Gasteiger partial charge < -0.3 is 0 Å². The van der Waals surface area contributed by atoms with Crippen molar-refractivity contribution in [2.75, 3.05) is 0 Å². The van der Waals surface area contributed by atoms with Gasteiger partial charge in [-0.2, -0.15) is 5.10 Å². The van der Waals surface area contributed by atoms with E-state index < -0.39 is 11.9 Å². The molecule has 19 heavy (non-hydrogen) atoms. The topological polar surface area (TPSA) is 55.9 Å². The van der Waals surface area contributed by atoms with E-state index in [1.54, 1.807) is 16.8 Å². The largest absolute Gasteiger partial charge is 0.271 e. The van der Waals surface area contributed by atoms with Gasteiger partial charge in [0.2, 0.25) is 0 Å². The number of nitrogens with two attached hydrogens (primary N) is 1. The van der Waals surface area contributed by atoms with E-state index in [0.29, 0.717) is 27.8 Å². The number of hydrogen-bond donors (Lipinski definition) is 2. The van der Waals surface area contributed by atoms with Crippen LogP contribution in [0, 0.1) is 5.82 Å². The van der Waals surface area contributed by atoms with Gasteiger partial charge in [0.05, 0.1) is 23.0 Å². The molecule has 0 saturated carbocycles. The minimum atomic E-state index is -0.591. The summed E-state index contributed by atoms with van der Waals surface area (Å²) < 4.78 is 15.7. The van der Waals surface area contributed by atoms with E-state index in [9.17, 15) is 4.39 Å². The summed E-state index contributed by atoms with van der Waals surface area (Å²) in [5, 5.41) is 4.87. The zero-order valence-electron chi connectivity index (χ0n) is 10.2. The van der Waals surface area contributed by atoms with Crippen molar-refractivity contribution < 1.29 is 4.39 Å². The molecule has 0 bridgehead atoms. The van der Waals surface area contributed by atoms with Gasteiger partial charge in [0, 0.05) is 17.1 Å². The van der Waals surface area contributed by atoms with Gasteiger partial charge in [-0.25, -0.2) is 9.82 Å². The maximum atomic E-state index is 14.0. The van der Waals surface area contributed by atoms with Gasteiger partial charge in [0.25, 0.3) is 0 Å². The van der Waals surface area contributed by atoms with Crippen LogP contribution in [0.3, 0.4) is 0 Å². The first-order chi connectivity index (χ1) is 9.08. The first kappa shape index (κ1) is 14.3. The molecule has 1 unspecified atom stereocenters. The van der Waals surface area contributed by atoms with Crippen LogP contribution in [0.2, 0.25) is 10.0 Å². The zero-order valence-corrected chi connectivity index (χ0v) is 11.7. The molecule has 4 nitrogen and oxygen atoms in total. The number of aromatic nitrogens is 2. The van der Waals surface area contributed by atoms with Crippen LogP contribution in [-0.2, 0) is 6.54 Å². The molecule has 2 aromatic rings. The lowest BCUT2D eigenvalue weighted by molar-refractivity contribution is 0.516. The summed E-state index contributed by atoms with van der Waals surface area (Å²) in [5.74, 6) is 5.10. The van der Waals surface area contributed by atoms with Crippen molar-refractivity contribution in [3.63, 3.8) is 0 Å². The molecule has 0 aliphatic rings. The quantitative estimate of drug-likeness (QED) is 0.674. The second-order valence-electron chi connectivity index (χ2n) is 3.96. The van der Waals surface area contributed by atoms with Crippen LogP contribution in [0.25, 0.3) is 0 Å². The van der Waals surface area contributed by atoms with Gasteiger partial charge >= 0.3 is 0 Å². The van der Waals surface area contributed by atoms with Crippen molar-refractivity contribution in [2.24, 2.45) is 5.84 Å². The number of nitrogens with one attached hydrogen (secondary N) is 1. The summed E-state index contributed by atoms with van der Waals surface area (Å²) in [6.07, 6.45) is 1.51. The van der Waals surface area contributed by atoms with E-state index in [1.165, 1.54) is 12.3 Å². The van der Waals surface area contributed by atoms with E-state index in [1.807, 2.05) is 6.92 Å². The fourth-order valence-corrected chi connectivity index (χ4v) is 2.37. The summed E-state index contributed by atoms with van der Waals surface area (Å²) in [6, 6.07) is 3.82. The van der Waals surface area contributed by atoms with Gasteiger partial charge in [0.15, 0.2) is 0 Å². The van der Waals surface area contributed by atoms with Crippen molar-refractivity contribution in [1.29, 1.82) is 0 Å². The van der Waals surface area contributed by atoms with Gasteiger partial charge in [0.1, 0.15) is 5.82 Å². The molecule has 2 rings (SSSR count). The van der Waals surface area contributed by atoms with Gasteiger partial charge in [-0.3, -0.25) is 10.5 Å². The predicted octanol–water partition coefficient (Wildman–Crippen LogP) is 2.90. The van der Waals surface area contributed by atoms with Crippen LogP contribution in [0.1, 0.15) is 24.2 Å². The Labute approximate surface area is 120 Å². The average Bonchev–Trinajstić information content (AvgIpc) is 2.74. The molecular weight excluding hydrogens is 290 g/mol. The Morgan fingerprint density at radius 1 is 1.47 bits per heavy atom. The van der Waals surface area contributed by atoms with Gasteiger partial charge in [-0.1, -0.05) is 29.3 Å². The molecule has 0 aliphatic carbocycles. The zero-order chi connectivity index (χ0) is 14.0. The third-order valence-corrected chi connectivity index (χ3v) is 3.37. The minimum absolute atomic E-state index is 0.326. The maximum absolute atomic E-state index is 14.0. The van der Waals surface area contributed by atoms with E-state index in [4.69, 9.17) is 29.0 Å². The molecule has 102 valence electrons. The highest BCUT2D eigenvalue weighted by molar-refractivity contribution is 6.31. The van der Waals surface area contributed by atoms with Crippen LogP contribution < -0.4 is 11.3 Å². The number of hydrogen-bond acceptors (Lipinski definition) is 3. The van der Waals surface area contributed by atoms with Crippen LogP contribution in [-0.4, -0.2) is 9.78 Å². The van der Waals surface area contributed by atoms with E-state index in [-0.39, 0.29) is 0 Å². The molecule has 1 aromatic heterocycles. The van der Waals surface area contributed by atoms with Crippen LogP contribution in [0.4, 0.5) is 4.39 Å². The monoisotopic (exact) mass is 302 g/mol. The predicted molar refractivity (Wildman–Crippen MR) is 73.5 cm³/mol. The molecule has 0 radical (unpaired) electrons. The summed E-state index contributed by atoms with van der Waals surface area (Å²) in [7, 11) is 0. The lowest BCUT2D eigenvalue weighted by atomic mass is 10.0. The number of halogens is 3. The number of hydrazine groups is 1. The van der Waals surface area contributed by atoms with E-state index >= 15 is 0 Å². The maximum Gasteiger partial charge on any atom is 0.129 e. The molecule has 0 spiro atoms. The Bertz CT molecular complexity index is 585. The van der Waals surface area contributed by atoms with Crippen molar-refractivity contribution in [3.05, 3.63) is 51.5 Å². The highest BCUT2D eigenvalue weighted by Gasteiger charge is 2.23. The number of rotatable bonds is 4. The Hall–Kier alpha value is -1.14. The smallest absolute Gasteiger partial charge is 0.129 e. The number of benzene rings is 1. The summed E-state index contributed by atoms with van der Waals surface area (Å²) in [4.78, 5) is 0. The summed E-state index contributed by atoms with van der Waals surface area (Å²) >= 11 is 11.8. The Morgan fingerprint density at radius 2 is 2.21 bits per heavy atom. The van der Waals surface area contributed by atoms with Gasteiger partial charge in [-0.05, 0) is 19.1 Å². The van der Waals surface area contributed by atoms with E-state index in [2.05, 4.69) is 10.5 Å². The SMILES string of the molecule is CCn1ncc(Cl)c1C(NN)c1ccc(Cl)cc1F. The minimum Gasteiger partial charge on any atom is -0.271 e. The Kier molecular flexibility index (Phi) is 4.42. The fourth-order valence-electron chi connectivity index (χ4n) is 1.96. The molecule has 0 fully saturated rings. The molecule has 0 saturated heterocycles. The highest BCUT2D eigenvalue weighted by Crippen LogP contribution is 2.30. The molecule has 1 aromatic carbocycles. The second kappa shape index (κ2) is 5.88. The lowest BCUT2D eigenvalue weighted by Crippen LogP contribution is -2.31. The molecule has 0 aliphatic heterocycles. The number of nitrogens with zero attached hydrogens (tertiary/aromatic N) is 2. The summed E-state index contributed by atoms with van der Waals surface area (Å²) in [6.45, 7) is 2.52. The Balaban J connectivity index is 2.52. The Morgan fingerprint density at radius 3 is 2.79 bits per heavy atom. The molecule has 7 heteroatoms. The summed E-state index contributed by atoms with van der Waals surface area (Å²) in [5.41, 5.74) is 3.55. The molecule has 0 amide bonds. The number of aryl methyl sites for hydroxylation is 1. The molecule has 1 heterocycles. The average molecular weight is 303 g/mol. The highest BCUT2D eigenvalue weighted by atomic mass is 35.5. The second-order valence-corrected chi connectivity index (χ2v) is 4.80. The van der Waals surface area contributed by atoms with Crippen LogP contribution in [0.15, 0.2) is 24.4 Å². The van der Waals surface area contributed by atoms with Crippen molar-refractivity contribution in [3.8, 4) is 0 Å². The molecular formula is C12H13Cl2FN4. The van der Waals surface area contributed by atoms with Crippen molar-refractivity contribution >= 4 is 23.2 Å². The third-order valence-electron chi connectivity index (χ3n) is 2.85.